The Hall–Kier alpha value is -0.670. The van der Waals surface area contributed by atoms with E-state index < -0.39 is 5.92 Å². The number of hydrogen-bond donors (Lipinski definition) is 0. The van der Waals surface area contributed by atoms with Crippen LogP contribution < -0.4 is 0 Å². The fraction of sp³-hybridized carbons (Fsp3) is 0.917. The molecule has 1 rings (SSSR count). The number of rotatable bonds is 4. The molecule has 0 aliphatic carbocycles. The second kappa shape index (κ2) is 5.11. The zero-order chi connectivity index (χ0) is 12.3. The van der Waals surface area contributed by atoms with Gasteiger partial charge in [0.25, 0.3) is 0 Å². The Bertz CT molecular complexity index is 250. The topological polar surface area (TPSA) is 20.3 Å². The fourth-order valence-corrected chi connectivity index (χ4v) is 2.26. The van der Waals surface area contributed by atoms with Crippen LogP contribution in [-0.4, -0.2) is 29.3 Å². The maximum Gasteiger partial charge on any atom is 0.245 e. The van der Waals surface area contributed by atoms with Crippen LogP contribution in [0, 0.1) is 5.92 Å². The molecular weight excluding hydrogens is 212 g/mol. The van der Waals surface area contributed by atoms with Gasteiger partial charge in [-0.15, -0.1) is 0 Å². The summed E-state index contributed by atoms with van der Waals surface area (Å²) in [5.41, 5.74) is 0. The largest absolute Gasteiger partial charge is 0.340 e. The van der Waals surface area contributed by atoms with Crippen molar-refractivity contribution in [1.29, 1.82) is 0 Å². The number of nitrogens with zero attached hydrogens (tertiary/aromatic N) is 1. The van der Waals surface area contributed by atoms with Gasteiger partial charge in [0.1, 0.15) is 0 Å². The molecule has 4 heteroatoms. The first kappa shape index (κ1) is 13.4. The smallest absolute Gasteiger partial charge is 0.245 e. The second-order valence-corrected chi connectivity index (χ2v) is 4.98. The molecule has 0 bridgehead atoms. The molecule has 0 aromatic rings. The van der Waals surface area contributed by atoms with Crippen molar-refractivity contribution in [2.45, 2.75) is 58.4 Å². The Morgan fingerprint density at radius 2 is 2.19 bits per heavy atom. The fourth-order valence-electron chi connectivity index (χ4n) is 2.26. The molecule has 1 aliphatic rings. The van der Waals surface area contributed by atoms with Crippen molar-refractivity contribution < 1.29 is 13.6 Å². The Kier molecular flexibility index (Phi) is 4.28. The maximum absolute atomic E-state index is 12.9. The van der Waals surface area contributed by atoms with Crippen LogP contribution in [0.15, 0.2) is 0 Å². The quantitative estimate of drug-likeness (QED) is 0.730. The number of alkyl halides is 2. The summed E-state index contributed by atoms with van der Waals surface area (Å²) in [6.45, 7) is 5.44. The van der Waals surface area contributed by atoms with E-state index in [0.29, 0.717) is 19.4 Å². The first-order valence-electron chi connectivity index (χ1n) is 6.00. The molecule has 2 atom stereocenters. The highest BCUT2D eigenvalue weighted by Crippen LogP contribution is 2.30. The van der Waals surface area contributed by atoms with Gasteiger partial charge >= 0.3 is 0 Å². The van der Waals surface area contributed by atoms with Crippen LogP contribution in [0.2, 0.25) is 0 Å². The molecule has 1 saturated heterocycles. The average molecular weight is 233 g/mol. The highest BCUT2D eigenvalue weighted by molar-refractivity contribution is 5.77. The molecule has 0 spiro atoms. The Morgan fingerprint density at radius 1 is 1.56 bits per heavy atom. The molecule has 0 aromatic heterocycles. The first-order valence-corrected chi connectivity index (χ1v) is 6.00. The summed E-state index contributed by atoms with van der Waals surface area (Å²) in [7, 11) is 0. The minimum absolute atomic E-state index is 0.0494. The van der Waals surface area contributed by atoms with Crippen LogP contribution in [0.1, 0.15) is 46.5 Å². The summed E-state index contributed by atoms with van der Waals surface area (Å²) in [5, 5.41) is 0. The number of piperidine rings is 1. The average Bonchev–Trinajstić information content (AvgIpc) is 2.18. The third kappa shape index (κ3) is 3.72. The van der Waals surface area contributed by atoms with Crippen molar-refractivity contribution in [1.82, 2.24) is 4.90 Å². The molecule has 0 N–H and O–H groups in total. The van der Waals surface area contributed by atoms with Crippen molar-refractivity contribution in [3.05, 3.63) is 0 Å². The highest BCUT2D eigenvalue weighted by Gasteiger charge is 2.33. The van der Waals surface area contributed by atoms with Crippen LogP contribution in [0.25, 0.3) is 0 Å². The molecular formula is C12H21F2NO. The number of amides is 1. The SMILES string of the molecule is CCC(C)N1CC(CC(C)(F)F)CCC1=O. The van der Waals surface area contributed by atoms with Gasteiger partial charge in [0, 0.05) is 25.4 Å². The van der Waals surface area contributed by atoms with Crippen LogP contribution in [0.3, 0.4) is 0 Å². The van der Waals surface area contributed by atoms with E-state index in [1.807, 2.05) is 13.8 Å². The Balaban J connectivity index is 2.57. The van der Waals surface area contributed by atoms with E-state index in [1.165, 1.54) is 0 Å². The van der Waals surface area contributed by atoms with Gasteiger partial charge in [0.15, 0.2) is 0 Å². The molecule has 1 amide bonds. The molecule has 0 saturated carbocycles. The molecule has 1 fully saturated rings. The van der Waals surface area contributed by atoms with Gasteiger partial charge in [-0.2, -0.15) is 0 Å². The predicted molar refractivity (Wildman–Crippen MR) is 59.4 cm³/mol. The van der Waals surface area contributed by atoms with E-state index in [-0.39, 0.29) is 24.3 Å². The van der Waals surface area contributed by atoms with Crippen molar-refractivity contribution in [2.75, 3.05) is 6.54 Å². The number of likely N-dealkylation sites (tertiary alicyclic amines) is 1. The van der Waals surface area contributed by atoms with Crippen LogP contribution >= 0.6 is 0 Å². The summed E-state index contributed by atoms with van der Waals surface area (Å²) in [6.07, 6.45) is 1.80. The summed E-state index contributed by atoms with van der Waals surface area (Å²) < 4.78 is 25.8. The second-order valence-electron chi connectivity index (χ2n) is 4.98. The molecule has 2 nitrogen and oxygen atoms in total. The van der Waals surface area contributed by atoms with Crippen molar-refractivity contribution >= 4 is 5.91 Å². The van der Waals surface area contributed by atoms with E-state index in [0.717, 1.165) is 13.3 Å². The van der Waals surface area contributed by atoms with Crippen LogP contribution in [0.4, 0.5) is 8.78 Å². The van der Waals surface area contributed by atoms with Crippen molar-refractivity contribution in [3.8, 4) is 0 Å². The van der Waals surface area contributed by atoms with E-state index in [1.54, 1.807) is 4.90 Å². The lowest BCUT2D eigenvalue weighted by molar-refractivity contribution is -0.138. The van der Waals surface area contributed by atoms with Gasteiger partial charge in [-0.3, -0.25) is 4.79 Å². The maximum atomic E-state index is 12.9. The summed E-state index contributed by atoms with van der Waals surface area (Å²) in [4.78, 5) is 13.4. The monoisotopic (exact) mass is 233 g/mol. The molecule has 16 heavy (non-hydrogen) atoms. The normalized spacial score (nSPS) is 24.7. The molecule has 1 aliphatic heterocycles. The van der Waals surface area contributed by atoms with Crippen LogP contribution in [0.5, 0.6) is 0 Å². The van der Waals surface area contributed by atoms with Gasteiger partial charge < -0.3 is 4.90 Å². The van der Waals surface area contributed by atoms with Crippen molar-refractivity contribution in [2.24, 2.45) is 5.92 Å². The van der Waals surface area contributed by atoms with E-state index in [2.05, 4.69) is 0 Å². The van der Waals surface area contributed by atoms with E-state index in [4.69, 9.17) is 0 Å². The van der Waals surface area contributed by atoms with E-state index >= 15 is 0 Å². The minimum Gasteiger partial charge on any atom is -0.340 e. The minimum atomic E-state index is -2.62. The molecule has 94 valence electrons. The Labute approximate surface area is 96.0 Å². The van der Waals surface area contributed by atoms with Gasteiger partial charge in [-0.25, -0.2) is 8.78 Å². The number of hydrogen-bond acceptors (Lipinski definition) is 1. The molecule has 0 radical (unpaired) electrons. The summed E-state index contributed by atoms with van der Waals surface area (Å²) in [5.74, 6) is -2.55. The standard InChI is InChI=1S/C12H21F2NO/c1-4-9(2)15-8-10(5-6-11(15)16)7-12(3,13)14/h9-10H,4-8H2,1-3H3. The number of carbonyl (C=O) groups is 1. The third-order valence-electron chi connectivity index (χ3n) is 3.31. The predicted octanol–water partition coefficient (Wildman–Crippen LogP) is 3.07. The highest BCUT2D eigenvalue weighted by atomic mass is 19.3. The number of carbonyl (C=O) groups excluding carboxylic acids is 1. The third-order valence-corrected chi connectivity index (χ3v) is 3.31. The lowest BCUT2D eigenvalue weighted by atomic mass is 9.91. The van der Waals surface area contributed by atoms with Crippen molar-refractivity contribution in [3.63, 3.8) is 0 Å². The molecule has 0 aromatic carbocycles. The zero-order valence-electron chi connectivity index (χ0n) is 10.3. The lowest BCUT2D eigenvalue weighted by Crippen LogP contribution is -2.45. The lowest BCUT2D eigenvalue weighted by Gasteiger charge is -2.37. The summed E-state index contributed by atoms with van der Waals surface area (Å²) >= 11 is 0. The molecule has 1 heterocycles. The van der Waals surface area contributed by atoms with E-state index in [9.17, 15) is 13.6 Å². The van der Waals surface area contributed by atoms with Gasteiger partial charge in [-0.1, -0.05) is 6.92 Å². The van der Waals surface area contributed by atoms with Gasteiger partial charge in [-0.05, 0) is 32.6 Å². The first-order chi connectivity index (χ1) is 7.33. The van der Waals surface area contributed by atoms with Gasteiger partial charge in [0.2, 0.25) is 11.8 Å². The zero-order valence-corrected chi connectivity index (χ0v) is 10.3. The number of halogens is 2. The Morgan fingerprint density at radius 3 is 2.69 bits per heavy atom. The van der Waals surface area contributed by atoms with Gasteiger partial charge in [0.05, 0.1) is 0 Å². The van der Waals surface area contributed by atoms with Crippen LogP contribution in [-0.2, 0) is 4.79 Å². The summed E-state index contributed by atoms with van der Waals surface area (Å²) in [6, 6.07) is 0.167. The molecule has 2 unspecified atom stereocenters.